The number of carbonyl (C=O) groups excluding carboxylic acids is 2. The lowest BCUT2D eigenvalue weighted by atomic mass is 10.1. The summed E-state index contributed by atoms with van der Waals surface area (Å²) in [6.45, 7) is 5.72. The lowest BCUT2D eigenvalue weighted by Gasteiger charge is -2.18. The molecule has 0 aliphatic carbocycles. The van der Waals surface area contributed by atoms with Crippen molar-refractivity contribution in [1.82, 2.24) is 10.2 Å². The average molecular weight is 324 g/mol. The third-order valence-electron chi connectivity index (χ3n) is 3.59. The number of hydrogen-bond acceptors (Lipinski definition) is 3. The second kappa shape index (κ2) is 9.82. The molecule has 0 aliphatic heterocycles. The van der Waals surface area contributed by atoms with Crippen LogP contribution in [0, 0.1) is 5.82 Å². The molecule has 0 bridgehead atoms. The number of benzene rings is 1. The predicted molar refractivity (Wildman–Crippen MR) is 86.8 cm³/mol. The van der Waals surface area contributed by atoms with Crippen LogP contribution in [-0.4, -0.2) is 43.5 Å². The highest BCUT2D eigenvalue weighted by Gasteiger charge is 2.10. The molecule has 0 saturated carbocycles. The molecule has 0 spiro atoms. The van der Waals surface area contributed by atoms with Crippen LogP contribution < -0.4 is 10.1 Å². The molecule has 2 amide bonds. The van der Waals surface area contributed by atoms with E-state index < -0.39 is 5.82 Å². The first-order chi connectivity index (χ1) is 11.0. The SMILES string of the molecule is CCN(CC)C(=O)CCCNC(=O)Cc1ccc(OC)c(F)c1. The molecule has 0 heterocycles. The van der Waals surface area contributed by atoms with Gasteiger partial charge in [-0.25, -0.2) is 4.39 Å². The molecule has 0 atom stereocenters. The predicted octanol–water partition coefficient (Wildman–Crippen LogP) is 2.14. The van der Waals surface area contributed by atoms with Crippen molar-refractivity contribution in [2.45, 2.75) is 33.1 Å². The van der Waals surface area contributed by atoms with Crippen LogP contribution in [0.4, 0.5) is 4.39 Å². The van der Waals surface area contributed by atoms with Crippen molar-refractivity contribution in [3.8, 4) is 5.75 Å². The van der Waals surface area contributed by atoms with E-state index in [1.165, 1.54) is 19.2 Å². The summed E-state index contributed by atoms with van der Waals surface area (Å²) in [6, 6.07) is 4.45. The fraction of sp³-hybridized carbons (Fsp3) is 0.529. The van der Waals surface area contributed by atoms with Gasteiger partial charge in [0.15, 0.2) is 11.6 Å². The van der Waals surface area contributed by atoms with E-state index in [-0.39, 0.29) is 24.0 Å². The van der Waals surface area contributed by atoms with Gasteiger partial charge in [0, 0.05) is 26.1 Å². The molecular formula is C17H25FN2O3. The Hall–Kier alpha value is -2.11. The monoisotopic (exact) mass is 324 g/mol. The van der Waals surface area contributed by atoms with Crippen molar-refractivity contribution in [3.05, 3.63) is 29.6 Å². The smallest absolute Gasteiger partial charge is 0.224 e. The van der Waals surface area contributed by atoms with Crippen molar-refractivity contribution in [2.24, 2.45) is 0 Å². The number of carbonyl (C=O) groups is 2. The van der Waals surface area contributed by atoms with Gasteiger partial charge in [0.2, 0.25) is 11.8 Å². The fourth-order valence-corrected chi connectivity index (χ4v) is 2.27. The summed E-state index contributed by atoms with van der Waals surface area (Å²) >= 11 is 0. The Morgan fingerprint density at radius 3 is 2.52 bits per heavy atom. The summed E-state index contributed by atoms with van der Waals surface area (Å²) in [4.78, 5) is 25.4. The molecule has 0 fully saturated rings. The van der Waals surface area contributed by atoms with Crippen LogP contribution in [0.2, 0.25) is 0 Å². The number of rotatable bonds is 9. The van der Waals surface area contributed by atoms with Crippen molar-refractivity contribution in [1.29, 1.82) is 0 Å². The largest absolute Gasteiger partial charge is 0.494 e. The molecule has 128 valence electrons. The minimum atomic E-state index is -0.484. The quantitative estimate of drug-likeness (QED) is 0.708. The Kier molecular flexibility index (Phi) is 8.08. The zero-order chi connectivity index (χ0) is 17.2. The first-order valence-electron chi connectivity index (χ1n) is 7.88. The molecule has 0 saturated heterocycles. The maximum atomic E-state index is 13.5. The van der Waals surface area contributed by atoms with Crippen LogP contribution in [0.1, 0.15) is 32.3 Å². The number of amides is 2. The van der Waals surface area contributed by atoms with Gasteiger partial charge in [0.25, 0.3) is 0 Å². The summed E-state index contributed by atoms with van der Waals surface area (Å²) in [6.07, 6.45) is 1.11. The van der Waals surface area contributed by atoms with Crippen LogP contribution >= 0.6 is 0 Å². The maximum absolute atomic E-state index is 13.5. The summed E-state index contributed by atoms with van der Waals surface area (Å²) in [5, 5.41) is 2.75. The second-order valence-electron chi connectivity index (χ2n) is 5.17. The number of nitrogens with zero attached hydrogens (tertiary/aromatic N) is 1. The molecule has 1 rings (SSSR count). The first kappa shape index (κ1) is 18.9. The zero-order valence-electron chi connectivity index (χ0n) is 14.0. The molecule has 0 aromatic heterocycles. The zero-order valence-corrected chi connectivity index (χ0v) is 14.0. The van der Waals surface area contributed by atoms with Crippen LogP contribution in [0.3, 0.4) is 0 Å². The lowest BCUT2D eigenvalue weighted by Crippen LogP contribution is -2.32. The van der Waals surface area contributed by atoms with Gasteiger partial charge >= 0.3 is 0 Å². The van der Waals surface area contributed by atoms with E-state index in [1.54, 1.807) is 11.0 Å². The van der Waals surface area contributed by atoms with E-state index >= 15 is 0 Å². The topological polar surface area (TPSA) is 58.6 Å². The van der Waals surface area contributed by atoms with Crippen LogP contribution in [0.25, 0.3) is 0 Å². The number of halogens is 1. The van der Waals surface area contributed by atoms with Crippen molar-refractivity contribution in [3.63, 3.8) is 0 Å². The number of methoxy groups -OCH3 is 1. The van der Waals surface area contributed by atoms with Gasteiger partial charge in [-0.05, 0) is 38.0 Å². The van der Waals surface area contributed by atoms with E-state index in [0.29, 0.717) is 38.0 Å². The average Bonchev–Trinajstić information content (AvgIpc) is 2.53. The Morgan fingerprint density at radius 1 is 1.26 bits per heavy atom. The molecule has 0 unspecified atom stereocenters. The van der Waals surface area contributed by atoms with Crippen molar-refractivity contribution < 1.29 is 18.7 Å². The third kappa shape index (κ3) is 6.26. The minimum Gasteiger partial charge on any atom is -0.494 e. The molecule has 23 heavy (non-hydrogen) atoms. The second-order valence-corrected chi connectivity index (χ2v) is 5.17. The van der Waals surface area contributed by atoms with Crippen LogP contribution in [-0.2, 0) is 16.0 Å². The van der Waals surface area contributed by atoms with Crippen molar-refractivity contribution >= 4 is 11.8 Å². The van der Waals surface area contributed by atoms with E-state index in [9.17, 15) is 14.0 Å². The molecule has 1 N–H and O–H groups in total. The summed E-state index contributed by atoms with van der Waals surface area (Å²) in [5.41, 5.74) is 0.583. The Morgan fingerprint density at radius 2 is 1.96 bits per heavy atom. The highest BCUT2D eigenvalue weighted by Crippen LogP contribution is 2.17. The lowest BCUT2D eigenvalue weighted by molar-refractivity contribution is -0.131. The molecular weight excluding hydrogens is 299 g/mol. The third-order valence-corrected chi connectivity index (χ3v) is 3.59. The fourth-order valence-electron chi connectivity index (χ4n) is 2.27. The first-order valence-corrected chi connectivity index (χ1v) is 7.88. The number of nitrogens with one attached hydrogen (secondary N) is 1. The van der Waals surface area contributed by atoms with Crippen LogP contribution in [0.15, 0.2) is 18.2 Å². The van der Waals surface area contributed by atoms with E-state index in [0.717, 1.165) is 0 Å². The standard InChI is InChI=1S/C17H25FN2O3/c1-4-20(5-2)17(22)7-6-10-19-16(21)12-13-8-9-15(23-3)14(18)11-13/h8-9,11H,4-7,10,12H2,1-3H3,(H,19,21). The summed E-state index contributed by atoms with van der Waals surface area (Å²) < 4.78 is 18.4. The van der Waals surface area contributed by atoms with Gasteiger partial charge in [-0.2, -0.15) is 0 Å². The van der Waals surface area contributed by atoms with E-state index in [4.69, 9.17) is 4.74 Å². The molecule has 0 aliphatic rings. The van der Waals surface area contributed by atoms with E-state index in [1.807, 2.05) is 13.8 Å². The minimum absolute atomic E-state index is 0.0986. The number of ether oxygens (including phenoxy) is 1. The Bertz CT molecular complexity index is 531. The number of hydrogen-bond donors (Lipinski definition) is 1. The van der Waals surface area contributed by atoms with Gasteiger partial charge in [0.1, 0.15) is 0 Å². The molecule has 5 nitrogen and oxygen atoms in total. The van der Waals surface area contributed by atoms with Crippen LogP contribution in [0.5, 0.6) is 5.75 Å². The van der Waals surface area contributed by atoms with Gasteiger partial charge < -0.3 is 15.0 Å². The molecule has 6 heteroatoms. The van der Waals surface area contributed by atoms with Gasteiger partial charge in [-0.15, -0.1) is 0 Å². The highest BCUT2D eigenvalue weighted by molar-refractivity contribution is 5.79. The van der Waals surface area contributed by atoms with Gasteiger partial charge in [0.05, 0.1) is 13.5 Å². The van der Waals surface area contributed by atoms with E-state index in [2.05, 4.69) is 5.32 Å². The summed E-state index contributed by atoms with van der Waals surface area (Å²) in [7, 11) is 1.39. The summed E-state index contributed by atoms with van der Waals surface area (Å²) in [5.74, 6) is -0.418. The van der Waals surface area contributed by atoms with Gasteiger partial charge in [-0.3, -0.25) is 9.59 Å². The molecule has 1 aromatic carbocycles. The molecule has 0 radical (unpaired) electrons. The Labute approximate surface area is 136 Å². The normalized spacial score (nSPS) is 10.3. The molecule has 1 aromatic rings. The van der Waals surface area contributed by atoms with Gasteiger partial charge in [-0.1, -0.05) is 6.07 Å². The maximum Gasteiger partial charge on any atom is 0.224 e. The Balaban J connectivity index is 2.32. The highest BCUT2D eigenvalue weighted by atomic mass is 19.1. The van der Waals surface area contributed by atoms with Crippen molar-refractivity contribution in [2.75, 3.05) is 26.7 Å².